The number of Topliss-reactive ketones (excluding diaryl/α,β-unsaturated/α-hetero) is 1. The molecule has 2 rings (SSSR count). The summed E-state index contributed by atoms with van der Waals surface area (Å²) in [5.41, 5.74) is 0.853. The molecule has 5 nitrogen and oxygen atoms in total. The Morgan fingerprint density at radius 2 is 1.84 bits per heavy atom. The summed E-state index contributed by atoms with van der Waals surface area (Å²) in [5.74, 6) is -0.809. The second-order valence-electron chi connectivity index (χ2n) is 6.69. The Balaban J connectivity index is 2.37. The van der Waals surface area contributed by atoms with Gasteiger partial charge in [-0.3, -0.25) is 9.59 Å². The molecule has 0 fully saturated rings. The number of ketones is 1. The van der Waals surface area contributed by atoms with Crippen LogP contribution in [0.15, 0.2) is 35.6 Å². The van der Waals surface area contributed by atoms with Crippen molar-refractivity contribution >= 4 is 11.7 Å². The molecule has 0 aliphatic carbocycles. The minimum Gasteiger partial charge on any atom is -0.508 e. The molecule has 0 bridgehead atoms. The number of phenolic OH excluding ortho intramolecular Hbond substituents is 1. The smallest absolute Gasteiger partial charge is 0.290 e. The minimum absolute atomic E-state index is 0.117. The molecule has 2 atom stereocenters. The van der Waals surface area contributed by atoms with Gasteiger partial charge in [0.15, 0.2) is 11.5 Å². The third-order valence-electron chi connectivity index (χ3n) is 4.89. The summed E-state index contributed by atoms with van der Waals surface area (Å²) >= 11 is 0. The van der Waals surface area contributed by atoms with Crippen molar-refractivity contribution in [2.75, 3.05) is 6.54 Å². The van der Waals surface area contributed by atoms with Gasteiger partial charge in [-0.05, 0) is 37.0 Å². The maximum absolute atomic E-state index is 12.6. The van der Waals surface area contributed by atoms with Crippen LogP contribution >= 0.6 is 0 Å². The first-order valence-corrected chi connectivity index (χ1v) is 8.94. The summed E-state index contributed by atoms with van der Waals surface area (Å²) in [4.78, 5) is 26.3. The predicted octanol–water partition coefficient (Wildman–Crippen LogP) is 3.89. The monoisotopic (exact) mass is 345 g/mol. The molecule has 1 aliphatic rings. The molecule has 1 aliphatic heterocycles. The molecular formula is C20H27NO4. The van der Waals surface area contributed by atoms with Gasteiger partial charge < -0.3 is 15.1 Å². The van der Waals surface area contributed by atoms with Gasteiger partial charge in [0.05, 0.1) is 11.6 Å². The lowest BCUT2D eigenvalue weighted by Gasteiger charge is -2.30. The molecule has 1 amide bonds. The zero-order valence-corrected chi connectivity index (χ0v) is 15.2. The Labute approximate surface area is 149 Å². The van der Waals surface area contributed by atoms with Gasteiger partial charge in [0, 0.05) is 6.54 Å². The molecule has 0 spiro atoms. The normalized spacial score (nSPS) is 18.8. The highest BCUT2D eigenvalue weighted by Crippen LogP contribution is 2.39. The summed E-state index contributed by atoms with van der Waals surface area (Å²) in [7, 11) is 0. The van der Waals surface area contributed by atoms with E-state index in [2.05, 4.69) is 13.8 Å². The van der Waals surface area contributed by atoms with Crippen molar-refractivity contribution < 1.29 is 19.8 Å². The maximum Gasteiger partial charge on any atom is 0.290 e. The van der Waals surface area contributed by atoms with Gasteiger partial charge in [-0.15, -0.1) is 0 Å². The van der Waals surface area contributed by atoms with E-state index in [9.17, 15) is 19.8 Å². The second kappa shape index (κ2) is 8.19. The molecule has 2 unspecified atom stereocenters. The van der Waals surface area contributed by atoms with Crippen molar-refractivity contribution in [2.45, 2.75) is 52.5 Å². The molecule has 25 heavy (non-hydrogen) atoms. The number of unbranched alkanes of at least 4 members (excludes halogenated alkanes) is 1. The number of carbonyl (C=O) groups excluding carboxylic acids is 2. The fourth-order valence-electron chi connectivity index (χ4n) is 3.40. The van der Waals surface area contributed by atoms with Crippen LogP contribution in [0.5, 0.6) is 5.75 Å². The zero-order chi connectivity index (χ0) is 18.6. The van der Waals surface area contributed by atoms with Gasteiger partial charge in [0.25, 0.3) is 5.91 Å². The number of aliphatic hydroxyl groups excluding tert-OH is 1. The van der Waals surface area contributed by atoms with Gasteiger partial charge in [0.1, 0.15) is 5.75 Å². The molecule has 136 valence electrons. The molecule has 1 aromatic rings. The van der Waals surface area contributed by atoms with E-state index in [-0.39, 0.29) is 17.1 Å². The quantitative estimate of drug-likeness (QED) is 0.749. The summed E-state index contributed by atoms with van der Waals surface area (Å²) in [6.07, 6.45) is 4.12. The van der Waals surface area contributed by atoms with Crippen molar-refractivity contribution in [3.05, 3.63) is 41.2 Å². The minimum atomic E-state index is -0.596. The molecule has 0 radical (unpaired) electrons. The van der Waals surface area contributed by atoms with E-state index < -0.39 is 17.7 Å². The Morgan fingerprint density at radius 1 is 1.20 bits per heavy atom. The molecule has 1 heterocycles. The lowest BCUT2D eigenvalue weighted by molar-refractivity contribution is -0.130. The molecule has 5 heteroatoms. The summed E-state index contributed by atoms with van der Waals surface area (Å²) in [5, 5.41) is 19.8. The van der Waals surface area contributed by atoms with Crippen molar-refractivity contribution in [3.63, 3.8) is 0 Å². The van der Waals surface area contributed by atoms with Gasteiger partial charge in [0.2, 0.25) is 0 Å². The van der Waals surface area contributed by atoms with Crippen LogP contribution in [-0.4, -0.2) is 33.3 Å². The molecular weight excluding hydrogens is 318 g/mol. The lowest BCUT2D eigenvalue weighted by Crippen LogP contribution is -2.35. The first-order chi connectivity index (χ1) is 11.9. The van der Waals surface area contributed by atoms with E-state index >= 15 is 0 Å². The lowest BCUT2D eigenvalue weighted by atomic mass is 9.94. The van der Waals surface area contributed by atoms with Crippen LogP contribution < -0.4 is 0 Å². The van der Waals surface area contributed by atoms with Crippen LogP contribution in [-0.2, 0) is 9.59 Å². The first kappa shape index (κ1) is 19.0. The first-order valence-electron chi connectivity index (χ1n) is 8.94. The van der Waals surface area contributed by atoms with Crippen LogP contribution in [0.4, 0.5) is 0 Å². The number of hydrogen-bond donors (Lipinski definition) is 2. The van der Waals surface area contributed by atoms with Crippen molar-refractivity contribution in [2.24, 2.45) is 5.92 Å². The molecule has 1 aromatic carbocycles. The fourth-order valence-corrected chi connectivity index (χ4v) is 3.40. The average molecular weight is 345 g/mol. The number of aliphatic hydroxyl groups is 1. The van der Waals surface area contributed by atoms with Crippen LogP contribution in [0.3, 0.4) is 0 Å². The highest BCUT2D eigenvalue weighted by Gasteiger charge is 2.42. The topological polar surface area (TPSA) is 77.8 Å². The number of rotatable bonds is 8. The van der Waals surface area contributed by atoms with Crippen LogP contribution in [0, 0.1) is 5.92 Å². The van der Waals surface area contributed by atoms with Crippen molar-refractivity contribution in [3.8, 4) is 5.75 Å². The maximum atomic E-state index is 12.6. The van der Waals surface area contributed by atoms with E-state index in [1.807, 2.05) is 0 Å². The van der Waals surface area contributed by atoms with Crippen molar-refractivity contribution in [1.82, 2.24) is 4.90 Å². The van der Waals surface area contributed by atoms with E-state index in [0.29, 0.717) is 18.0 Å². The van der Waals surface area contributed by atoms with E-state index in [1.54, 1.807) is 17.0 Å². The second-order valence-corrected chi connectivity index (χ2v) is 6.69. The van der Waals surface area contributed by atoms with E-state index in [1.165, 1.54) is 19.1 Å². The van der Waals surface area contributed by atoms with Gasteiger partial charge in [-0.2, -0.15) is 0 Å². The number of amides is 1. The van der Waals surface area contributed by atoms with Crippen molar-refractivity contribution in [1.29, 1.82) is 0 Å². The highest BCUT2D eigenvalue weighted by molar-refractivity contribution is 6.08. The third kappa shape index (κ3) is 4.03. The number of benzene rings is 1. The largest absolute Gasteiger partial charge is 0.508 e. The number of hydrogen-bond acceptors (Lipinski definition) is 4. The number of aromatic hydroxyl groups is 1. The Bertz CT molecular complexity index is 663. The summed E-state index contributed by atoms with van der Waals surface area (Å²) < 4.78 is 0. The number of carbonyl (C=O) groups is 2. The van der Waals surface area contributed by atoms with Gasteiger partial charge in [-0.25, -0.2) is 0 Å². The zero-order valence-electron chi connectivity index (χ0n) is 15.2. The number of phenols is 1. The standard InChI is InChI=1S/C20H27NO4/c1-4-6-7-14(5-2)12-21-18(15-8-10-16(23)11-9-15)17(13(3)22)19(24)20(21)25/h8-11,14,18,23-24H,4-7,12H2,1-3H3. The predicted molar refractivity (Wildman–Crippen MR) is 96.2 cm³/mol. The Kier molecular flexibility index (Phi) is 6.23. The summed E-state index contributed by atoms with van der Waals surface area (Å²) in [6, 6.07) is 5.84. The van der Waals surface area contributed by atoms with Gasteiger partial charge in [-0.1, -0.05) is 45.2 Å². The highest BCUT2D eigenvalue weighted by atomic mass is 16.3. The van der Waals surface area contributed by atoms with Gasteiger partial charge >= 0.3 is 0 Å². The van der Waals surface area contributed by atoms with Crippen LogP contribution in [0.2, 0.25) is 0 Å². The molecule has 0 aromatic heterocycles. The summed E-state index contributed by atoms with van der Waals surface area (Å²) in [6.45, 7) is 6.09. The van der Waals surface area contributed by atoms with Crippen LogP contribution in [0.25, 0.3) is 0 Å². The molecule has 2 N–H and O–H groups in total. The fraction of sp³-hybridized carbons (Fsp3) is 0.500. The Hall–Kier alpha value is -2.30. The Morgan fingerprint density at radius 3 is 2.36 bits per heavy atom. The average Bonchev–Trinajstić information content (AvgIpc) is 2.84. The third-order valence-corrected chi connectivity index (χ3v) is 4.89. The van der Waals surface area contributed by atoms with E-state index in [4.69, 9.17) is 0 Å². The molecule has 0 saturated heterocycles. The molecule has 0 saturated carbocycles. The SMILES string of the molecule is CCCCC(CC)CN1C(=O)C(O)=C(C(C)=O)C1c1ccc(O)cc1. The van der Waals surface area contributed by atoms with Crippen LogP contribution in [0.1, 0.15) is 58.1 Å². The number of nitrogens with zero attached hydrogens (tertiary/aromatic N) is 1. The van der Waals surface area contributed by atoms with E-state index in [0.717, 1.165) is 25.7 Å².